The van der Waals surface area contributed by atoms with E-state index >= 15 is 0 Å². The van der Waals surface area contributed by atoms with Gasteiger partial charge >= 0.3 is 0 Å². The Morgan fingerprint density at radius 3 is 2.35 bits per heavy atom. The van der Waals surface area contributed by atoms with Crippen molar-refractivity contribution in [3.8, 4) is 0 Å². The predicted octanol–water partition coefficient (Wildman–Crippen LogP) is 0.683. The molecule has 0 unspecified atom stereocenters. The average Bonchev–Trinajstić information content (AvgIpc) is 2.40. The van der Waals surface area contributed by atoms with E-state index in [1.54, 1.807) is 0 Å². The van der Waals surface area contributed by atoms with Crippen LogP contribution in [-0.4, -0.2) is 59.6 Å². The van der Waals surface area contributed by atoms with Crippen molar-refractivity contribution in [2.45, 2.75) is 38.1 Å². The molecule has 1 saturated heterocycles. The summed E-state index contributed by atoms with van der Waals surface area (Å²) in [7, 11) is 0. The van der Waals surface area contributed by atoms with E-state index in [1.165, 1.54) is 32.1 Å². The monoisotopic (exact) mass is 240 g/mol. The Hall–Kier alpha value is -0.810. The van der Waals surface area contributed by atoms with E-state index in [2.05, 4.69) is 15.0 Å². The summed E-state index contributed by atoms with van der Waals surface area (Å²) in [5.74, 6) is 0.316. The van der Waals surface area contributed by atoms with Crippen molar-refractivity contribution in [1.82, 2.24) is 9.80 Å². The van der Waals surface area contributed by atoms with E-state index in [9.17, 15) is 0 Å². The van der Waals surface area contributed by atoms with Crippen LogP contribution in [0.3, 0.4) is 0 Å². The van der Waals surface area contributed by atoms with Crippen LogP contribution >= 0.6 is 0 Å². The largest absolute Gasteiger partial charge is 0.409 e. The molecule has 2 rings (SSSR count). The molecule has 3 N–H and O–H groups in total. The molecule has 0 atom stereocenters. The lowest BCUT2D eigenvalue weighted by Crippen LogP contribution is -2.52. The van der Waals surface area contributed by atoms with E-state index in [1.807, 2.05) is 0 Å². The van der Waals surface area contributed by atoms with Gasteiger partial charge < -0.3 is 10.9 Å². The number of oxime groups is 1. The van der Waals surface area contributed by atoms with E-state index < -0.39 is 0 Å². The highest BCUT2D eigenvalue weighted by Gasteiger charge is 2.25. The molecule has 0 spiro atoms. The number of piperazine rings is 1. The molecular weight excluding hydrogens is 216 g/mol. The number of rotatable bonds is 3. The van der Waals surface area contributed by atoms with Crippen molar-refractivity contribution in [1.29, 1.82) is 0 Å². The summed E-state index contributed by atoms with van der Waals surface area (Å²) in [5, 5.41) is 11.6. The van der Waals surface area contributed by atoms with Crippen LogP contribution in [0, 0.1) is 0 Å². The first-order valence-corrected chi connectivity index (χ1v) is 6.72. The van der Waals surface area contributed by atoms with Gasteiger partial charge in [-0.25, -0.2) is 0 Å². The van der Waals surface area contributed by atoms with Gasteiger partial charge in [-0.15, -0.1) is 0 Å². The molecule has 2 aliphatic rings. The minimum absolute atomic E-state index is 0.316. The lowest BCUT2D eigenvalue weighted by molar-refractivity contribution is 0.0860. The summed E-state index contributed by atoms with van der Waals surface area (Å²) < 4.78 is 0. The minimum Gasteiger partial charge on any atom is -0.409 e. The Labute approximate surface area is 103 Å². The van der Waals surface area contributed by atoms with E-state index in [0.717, 1.165) is 32.2 Å². The molecule has 0 radical (unpaired) electrons. The summed E-state index contributed by atoms with van der Waals surface area (Å²) in [6, 6.07) is 0.815. The van der Waals surface area contributed by atoms with Crippen molar-refractivity contribution in [2.75, 3.05) is 32.7 Å². The Morgan fingerprint density at radius 2 is 1.76 bits per heavy atom. The van der Waals surface area contributed by atoms with Crippen LogP contribution < -0.4 is 5.73 Å². The maximum absolute atomic E-state index is 8.55. The van der Waals surface area contributed by atoms with Gasteiger partial charge in [0, 0.05) is 32.2 Å². The van der Waals surface area contributed by atoms with Crippen molar-refractivity contribution in [3.05, 3.63) is 0 Å². The van der Waals surface area contributed by atoms with E-state index in [4.69, 9.17) is 10.9 Å². The lowest BCUT2D eigenvalue weighted by atomic mass is 9.94. The standard InChI is InChI=1S/C12H24N4O/c13-12(14-17)10-15-6-8-16(9-7-15)11-4-2-1-3-5-11/h11,17H,1-10H2,(H2,13,14). The molecular formula is C12H24N4O. The smallest absolute Gasteiger partial charge is 0.153 e. The molecule has 98 valence electrons. The topological polar surface area (TPSA) is 65.1 Å². The minimum atomic E-state index is 0.316. The van der Waals surface area contributed by atoms with Crippen LogP contribution in [0.4, 0.5) is 0 Å². The molecule has 0 aromatic heterocycles. The van der Waals surface area contributed by atoms with Crippen LogP contribution in [0.15, 0.2) is 5.16 Å². The summed E-state index contributed by atoms with van der Waals surface area (Å²) in [4.78, 5) is 4.89. The second-order valence-corrected chi connectivity index (χ2v) is 5.20. The number of nitrogens with two attached hydrogens (primary N) is 1. The maximum Gasteiger partial charge on any atom is 0.153 e. The first-order valence-electron chi connectivity index (χ1n) is 6.72. The Bertz CT molecular complexity index is 255. The van der Waals surface area contributed by atoms with Gasteiger partial charge in [0.1, 0.15) is 0 Å². The van der Waals surface area contributed by atoms with Crippen molar-refractivity contribution in [3.63, 3.8) is 0 Å². The van der Waals surface area contributed by atoms with E-state index in [-0.39, 0.29) is 0 Å². The quantitative estimate of drug-likeness (QED) is 0.329. The van der Waals surface area contributed by atoms with Crippen molar-refractivity contribution >= 4 is 5.84 Å². The second-order valence-electron chi connectivity index (χ2n) is 5.20. The van der Waals surface area contributed by atoms with Gasteiger partial charge in [0.15, 0.2) is 5.84 Å². The first-order chi connectivity index (χ1) is 8.29. The molecule has 5 nitrogen and oxygen atoms in total. The van der Waals surface area contributed by atoms with Crippen LogP contribution in [0.2, 0.25) is 0 Å². The number of hydrogen-bond donors (Lipinski definition) is 2. The number of nitrogens with zero attached hydrogens (tertiary/aromatic N) is 3. The van der Waals surface area contributed by atoms with E-state index in [0.29, 0.717) is 12.4 Å². The summed E-state index contributed by atoms with van der Waals surface area (Å²) in [5.41, 5.74) is 5.53. The summed E-state index contributed by atoms with van der Waals surface area (Å²) in [6.07, 6.45) is 6.96. The molecule has 0 amide bonds. The van der Waals surface area contributed by atoms with Gasteiger partial charge in [0.25, 0.3) is 0 Å². The maximum atomic E-state index is 8.55. The molecule has 0 aromatic carbocycles. The molecule has 0 bridgehead atoms. The fourth-order valence-corrected chi connectivity index (χ4v) is 2.99. The molecule has 1 aliphatic heterocycles. The van der Waals surface area contributed by atoms with Crippen LogP contribution in [-0.2, 0) is 0 Å². The van der Waals surface area contributed by atoms with Gasteiger partial charge in [0.2, 0.25) is 0 Å². The summed E-state index contributed by atoms with van der Waals surface area (Å²) >= 11 is 0. The fourth-order valence-electron chi connectivity index (χ4n) is 2.99. The molecule has 1 saturated carbocycles. The first kappa shape index (κ1) is 12.6. The van der Waals surface area contributed by atoms with Crippen LogP contribution in [0.25, 0.3) is 0 Å². The highest BCUT2D eigenvalue weighted by atomic mass is 16.4. The Kier molecular flexibility index (Phi) is 4.62. The molecule has 2 fully saturated rings. The lowest BCUT2D eigenvalue weighted by Gasteiger charge is -2.40. The average molecular weight is 240 g/mol. The number of hydrogen-bond acceptors (Lipinski definition) is 4. The van der Waals surface area contributed by atoms with Gasteiger partial charge in [-0.3, -0.25) is 9.80 Å². The van der Waals surface area contributed by atoms with Crippen LogP contribution in [0.5, 0.6) is 0 Å². The molecule has 1 aliphatic carbocycles. The second kappa shape index (κ2) is 6.21. The zero-order chi connectivity index (χ0) is 12.1. The molecule has 1 heterocycles. The molecule has 5 heteroatoms. The fraction of sp³-hybridized carbons (Fsp3) is 0.917. The van der Waals surface area contributed by atoms with Gasteiger partial charge in [-0.05, 0) is 12.8 Å². The molecule has 17 heavy (non-hydrogen) atoms. The third kappa shape index (κ3) is 3.57. The van der Waals surface area contributed by atoms with Crippen molar-refractivity contribution in [2.24, 2.45) is 10.9 Å². The SMILES string of the molecule is N/C(CN1CCN(C2CCCCC2)CC1)=N\O. The summed E-state index contributed by atoms with van der Waals surface area (Å²) in [6.45, 7) is 4.92. The Balaban J connectivity index is 1.73. The highest BCUT2D eigenvalue weighted by Crippen LogP contribution is 2.23. The zero-order valence-electron chi connectivity index (χ0n) is 10.5. The number of amidine groups is 1. The molecule has 0 aromatic rings. The van der Waals surface area contributed by atoms with Crippen LogP contribution in [0.1, 0.15) is 32.1 Å². The van der Waals surface area contributed by atoms with Gasteiger partial charge in [0.05, 0.1) is 6.54 Å². The van der Waals surface area contributed by atoms with Gasteiger partial charge in [-0.1, -0.05) is 24.4 Å². The highest BCUT2D eigenvalue weighted by molar-refractivity contribution is 5.81. The third-order valence-corrected chi connectivity index (χ3v) is 4.01. The zero-order valence-corrected chi connectivity index (χ0v) is 10.5. The Morgan fingerprint density at radius 1 is 1.12 bits per heavy atom. The third-order valence-electron chi connectivity index (χ3n) is 4.01. The van der Waals surface area contributed by atoms with Crippen molar-refractivity contribution < 1.29 is 5.21 Å². The predicted molar refractivity (Wildman–Crippen MR) is 68.3 cm³/mol. The van der Waals surface area contributed by atoms with Gasteiger partial charge in [-0.2, -0.15) is 0 Å². The normalized spacial score (nSPS) is 26.2.